The second-order valence-electron chi connectivity index (χ2n) is 3.90. The molecule has 1 atom stereocenters. The van der Waals surface area contributed by atoms with Gasteiger partial charge < -0.3 is 9.84 Å². The lowest BCUT2D eigenvalue weighted by Gasteiger charge is -2.22. The van der Waals surface area contributed by atoms with Crippen LogP contribution >= 0.6 is 0 Å². The molecular formula is C11H13NO3. The average Bonchev–Trinajstić information content (AvgIpc) is 2.57. The Morgan fingerprint density at radius 1 is 1.73 bits per heavy atom. The summed E-state index contributed by atoms with van der Waals surface area (Å²) in [5.74, 6) is -0.997. The van der Waals surface area contributed by atoms with Crippen LogP contribution in [0.25, 0.3) is 0 Å². The molecule has 0 fully saturated rings. The van der Waals surface area contributed by atoms with Gasteiger partial charge in [0.25, 0.3) is 0 Å². The topological polar surface area (TPSA) is 59.4 Å². The van der Waals surface area contributed by atoms with E-state index in [2.05, 4.69) is 4.98 Å². The standard InChI is InChI=1S/C11H13NO3/c1-3-11(2)8-4-9(10(13)14)12-5-7(8)6-15-11/h4-5H,3,6H2,1-2H3,(H,13,14). The second kappa shape index (κ2) is 3.31. The molecule has 0 aliphatic carbocycles. The Morgan fingerprint density at radius 2 is 2.47 bits per heavy atom. The van der Waals surface area contributed by atoms with E-state index in [1.165, 1.54) is 0 Å². The van der Waals surface area contributed by atoms with Crippen LogP contribution in [0.15, 0.2) is 12.3 Å². The minimum absolute atomic E-state index is 0.0823. The predicted octanol–water partition coefficient (Wildman–Crippen LogP) is 1.94. The summed E-state index contributed by atoms with van der Waals surface area (Å²) in [6.07, 6.45) is 2.42. The van der Waals surface area contributed by atoms with Crippen LogP contribution in [0.5, 0.6) is 0 Å². The maximum Gasteiger partial charge on any atom is 0.354 e. The third-order valence-corrected chi connectivity index (χ3v) is 3.00. The molecule has 1 N–H and O–H groups in total. The highest BCUT2D eigenvalue weighted by atomic mass is 16.5. The summed E-state index contributed by atoms with van der Waals surface area (Å²) in [6.45, 7) is 4.52. The van der Waals surface area contributed by atoms with E-state index in [1.807, 2.05) is 13.8 Å². The molecule has 0 aromatic carbocycles. The van der Waals surface area contributed by atoms with Gasteiger partial charge in [0.1, 0.15) is 5.69 Å². The van der Waals surface area contributed by atoms with Crippen LogP contribution in [0.2, 0.25) is 0 Å². The molecule has 0 bridgehead atoms. The molecule has 80 valence electrons. The summed E-state index contributed by atoms with van der Waals surface area (Å²) >= 11 is 0. The molecule has 1 aliphatic rings. The number of rotatable bonds is 2. The van der Waals surface area contributed by atoms with Gasteiger partial charge in [0.2, 0.25) is 0 Å². The summed E-state index contributed by atoms with van der Waals surface area (Å²) in [5, 5.41) is 8.86. The Balaban J connectivity index is 2.51. The number of fused-ring (bicyclic) bond motifs is 1. The zero-order valence-electron chi connectivity index (χ0n) is 8.78. The Kier molecular flexibility index (Phi) is 2.23. The zero-order valence-corrected chi connectivity index (χ0v) is 8.78. The van der Waals surface area contributed by atoms with Crippen LogP contribution in [0, 0.1) is 0 Å². The highest BCUT2D eigenvalue weighted by Crippen LogP contribution is 2.38. The van der Waals surface area contributed by atoms with Gasteiger partial charge in [-0.05, 0) is 25.0 Å². The lowest BCUT2D eigenvalue weighted by molar-refractivity contribution is -0.0259. The van der Waals surface area contributed by atoms with Crippen molar-refractivity contribution in [2.75, 3.05) is 0 Å². The number of carboxylic acids is 1. The van der Waals surface area contributed by atoms with E-state index in [4.69, 9.17) is 9.84 Å². The molecule has 1 aromatic rings. The first kappa shape index (κ1) is 10.1. The summed E-state index contributed by atoms with van der Waals surface area (Å²) in [4.78, 5) is 14.7. The number of aromatic carboxylic acids is 1. The summed E-state index contributed by atoms with van der Waals surface area (Å²) in [7, 11) is 0. The molecule has 1 aliphatic heterocycles. The molecule has 4 heteroatoms. The van der Waals surface area contributed by atoms with E-state index in [-0.39, 0.29) is 11.3 Å². The summed E-state index contributed by atoms with van der Waals surface area (Å²) < 4.78 is 5.66. The van der Waals surface area contributed by atoms with E-state index >= 15 is 0 Å². The molecule has 0 spiro atoms. The maximum atomic E-state index is 10.8. The van der Waals surface area contributed by atoms with Gasteiger partial charge in [-0.25, -0.2) is 9.78 Å². The van der Waals surface area contributed by atoms with E-state index in [0.717, 1.165) is 17.5 Å². The monoisotopic (exact) mass is 207 g/mol. The normalized spacial score (nSPS) is 23.9. The fourth-order valence-corrected chi connectivity index (χ4v) is 1.82. The number of nitrogens with zero attached hydrogens (tertiary/aromatic N) is 1. The first-order chi connectivity index (χ1) is 7.07. The molecule has 1 aromatic heterocycles. The lowest BCUT2D eigenvalue weighted by Crippen LogP contribution is -2.19. The van der Waals surface area contributed by atoms with Crippen molar-refractivity contribution >= 4 is 5.97 Å². The zero-order chi connectivity index (χ0) is 11.1. The highest BCUT2D eigenvalue weighted by Gasteiger charge is 2.34. The van der Waals surface area contributed by atoms with Gasteiger partial charge in [-0.2, -0.15) is 0 Å². The van der Waals surface area contributed by atoms with Crippen molar-refractivity contribution in [1.82, 2.24) is 4.98 Å². The fourth-order valence-electron chi connectivity index (χ4n) is 1.82. The molecule has 2 rings (SSSR count). The number of hydrogen-bond donors (Lipinski definition) is 1. The van der Waals surface area contributed by atoms with Crippen LogP contribution in [-0.4, -0.2) is 16.1 Å². The minimum atomic E-state index is -0.997. The Hall–Kier alpha value is -1.42. The smallest absolute Gasteiger partial charge is 0.354 e. The van der Waals surface area contributed by atoms with Crippen molar-refractivity contribution in [3.8, 4) is 0 Å². The minimum Gasteiger partial charge on any atom is -0.477 e. The Bertz CT molecular complexity index is 416. The fraction of sp³-hybridized carbons (Fsp3) is 0.455. The van der Waals surface area contributed by atoms with Crippen LogP contribution in [-0.2, 0) is 16.9 Å². The number of pyridine rings is 1. The summed E-state index contributed by atoms with van der Waals surface area (Å²) in [6, 6.07) is 1.62. The van der Waals surface area contributed by atoms with Gasteiger partial charge in [-0.1, -0.05) is 6.92 Å². The van der Waals surface area contributed by atoms with Crippen molar-refractivity contribution in [2.45, 2.75) is 32.5 Å². The van der Waals surface area contributed by atoms with Crippen molar-refractivity contribution < 1.29 is 14.6 Å². The molecule has 0 radical (unpaired) electrons. The van der Waals surface area contributed by atoms with E-state index in [9.17, 15) is 4.79 Å². The van der Waals surface area contributed by atoms with Crippen LogP contribution < -0.4 is 0 Å². The van der Waals surface area contributed by atoms with Gasteiger partial charge in [-0.3, -0.25) is 0 Å². The molecule has 2 heterocycles. The Morgan fingerprint density at radius 3 is 3.07 bits per heavy atom. The van der Waals surface area contributed by atoms with E-state index in [1.54, 1.807) is 12.3 Å². The van der Waals surface area contributed by atoms with Crippen molar-refractivity contribution in [2.24, 2.45) is 0 Å². The lowest BCUT2D eigenvalue weighted by atomic mass is 9.92. The molecule has 4 nitrogen and oxygen atoms in total. The predicted molar refractivity (Wildman–Crippen MR) is 53.6 cm³/mol. The second-order valence-corrected chi connectivity index (χ2v) is 3.90. The van der Waals surface area contributed by atoms with Crippen molar-refractivity contribution in [3.63, 3.8) is 0 Å². The maximum absolute atomic E-state index is 10.8. The summed E-state index contributed by atoms with van der Waals surface area (Å²) in [5.41, 5.74) is 1.67. The third kappa shape index (κ3) is 1.51. The molecule has 0 amide bonds. The first-order valence-electron chi connectivity index (χ1n) is 4.93. The molecule has 1 unspecified atom stereocenters. The van der Waals surface area contributed by atoms with Gasteiger partial charge in [0, 0.05) is 11.8 Å². The quantitative estimate of drug-likeness (QED) is 0.805. The SMILES string of the molecule is CCC1(C)OCc2cnc(C(=O)O)cc21. The largest absolute Gasteiger partial charge is 0.477 e. The van der Waals surface area contributed by atoms with E-state index < -0.39 is 5.97 Å². The van der Waals surface area contributed by atoms with Gasteiger partial charge in [0.15, 0.2) is 0 Å². The van der Waals surface area contributed by atoms with Crippen LogP contribution in [0.1, 0.15) is 41.9 Å². The van der Waals surface area contributed by atoms with Gasteiger partial charge in [-0.15, -0.1) is 0 Å². The number of ether oxygens (including phenoxy) is 1. The molecular weight excluding hydrogens is 194 g/mol. The molecule has 15 heavy (non-hydrogen) atoms. The van der Waals surface area contributed by atoms with E-state index in [0.29, 0.717) is 6.61 Å². The van der Waals surface area contributed by atoms with Crippen molar-refractivity contribution in [3.05, 3.63) is 29.1 Å². The number of carbonyl (C=O) groups is 1. The number of aromatic nitrogens is 1. The third-order valence-electron chi connectivity index (χ3n) is 3.00. The molecule has 0 saturated heterocycles. The van der Waals surface area contributed by atoms with Gasteiger partial charge in [0.05, 0.1) is 12.2 Å². The highest BCUT2D eigenvalue weighted by molar-refractivity contribution is 5.85. The van der Waals surface area contributed by atoms with Crippen LogP contribution in [0.3, 0.4) is 0 Å². The Labute approximate surface area is 87.9 Å². The van der Waals surface area contributed by atoms with Crippen molar-refractivity contribution in [1.29, 1.82) is 0 Å². The number of carboxylic acid groups (broad SMARTS) is 1. The van der Waals surface area contributed by atoms with Crippen LogP contribution in [0.4, 0.5) is 0 Å². The molecule has 0 saturated carbocycles. The number of hydrogen-bond acceptors (Lipinski definition) is 3. The van der Waals surface area contributed by atoms with Gasteiger partial charge >= 0.3 is 5.97 Å². The first-order valence-corrected chi connectivity index (χ1v) is 4.93. The average molecular weight is 207 g/mol.